The van der Waals surface area contributed by atoms with Crippen LogP contribution in [0, 0.1) is 11.8 Å². The monoisotopic (exact) mass is 276 g/mol. The van der Waals surface area contributed by atoms with Crippen molar-refractivity contribution in [2.45, 2.75) is 65.2 Å². The summed E-state index contributed by atoms with van der Waals surface area (Å²) in [4.78, 5) is 9.35. The minimum absolute atomic E-state index is 0.399. The minimum Gasteiger partial charge on any atom is -0.308 e. The molecule has 0 aromatic carbocycles. The summed E-state index contributed by atoms with van der Waals surface area (Å²) in [5.41, 5.74) is 3.76. The molecule has 20 heavy (non-hydrogen) atoms. The van der Waals surface area contributed by atoms with Gasteiger partial charge in [-0.3, -0.25) is 0 Å². The van der Waals surface area contributed by atoms with Crippen molar-refractivity contribution in [3.05, 3.63) is 17.6 Å². The van der Waals surface area contributed by atoms with E-state index in [1.165, 1.54) is 25.7 Å². The van der Waals surface area contributed by atoms with Gasteiger partial charge in [-0.05, 0) is 43.4 Å². The normalized spacial score (nSPS) is 23.4. The Bertz CT molecular complexity index is 434. The fraction of sp³-hybridized carbons (Fsp3) is 0.750. The number of nitrogens with one attached hydrogen (secondary N) is 1. The summed E-state index contributed by atoms with van der Waals surface area (Å²) in [6.45, 7) is 8.97. The van der Waals surface area contributed by atoms with Gasteiger partial charge < -0.3 is 5.43 Å². The summed E-state index contributed by atoms with van der Waals surface area (Å²) in [6.07, 6.45) is 4.99. The SMILES string of the molecule is CC(C)c1cc(NN)nc(C2CCC(C(C)C)CC2)n1. The van der Waals surface area contributed by atoms with Gasteiger partial charge in [-0.25, -0.2) is 15.8 Å². The molecule has 0 amide bonds. The second-order valence-electron chi connectivity index (χ2n) is 6.69. The molecule has 1 heterocycles. The van der Waals surface area contributed by atoms with E-state index in [2.05, 4.69) is 38.1 Å². The van der Waals surface area contributed by atoms with Crippen molar-refractivity contribution in [3.63, 3.8) is 0 Å². The molecule has 1 aromatic rings. The molecule has 0 spiro atoms. The Morgan fingerprint density at radius 1 is 1.10 bits per heavy atom. The van der Waals surface area contributed by atoms with E-state index in [1.807, 2.05) is 6.07 Å². The first-order valence-corrected chi connectivity index (χ1v) is 7.86. The van der Waals surface area contributed by atoms with Crippen LogP contribution in [0.5, 0.6) is 0 Å². The predicted molar refractivity (Wildman–Crippen MR) is 83.5 cm³/mol. The molecule has 0 saturated heterocycles. The van der Waals surface area contributed by atoms with Crippen molar-refractivity contribution < 1.29 is 0 Å². The molecule has 4 nitrogen and oxygen atoms in total. The van der Waals surface area contributed by atoms with Crippen molar-refractivity contribution in [2.75, 3.05) is 5.43 Å². The second-order valence-corrected chi connectivity index (χ2v) is 6.69. The maximum Gasteiger partial charge on any atom is 0.143 e. The number of hydrogen-bond acceptors (Lipinski definition) is 4. The summed E-state index contributed by atoms with van der Waals surface area (Å²) in [6, 6.07) is 1.95. The maximum absolute atomic E-state index is 5.54. The number of rotatable bonds is 4. The van der Waals surface area contributed by atoms with Crippen LogP contribution in [-0.2, 0) is 0 Å². The van der Waals surface area contributed by atoms with Crippen molar-refractivity contribution in [3.8, 4) is 0 Å². The highest BCUT2D eigenvalue weighted by atomic mass is 15.3. The van der Waals surface area contributed by atoms with Gasteiger partial charge in [0.1, 0.15) is 11.6 Å². The summed E-state index contributed by atoms with van der Waals surface area (Å²) in [5.74, 6) is 9.81. The van der Waals surface area contributed by atoms with E-state index < -0.39 is 0 Å². The molecule has 3 N–H and O–H groups in total. The van der Waals surface area contributed by atoms with E-state index in [-0.39, 0.29) is 0 Å². The highest BCUT2D eigenvalue weighted by Crippen LogP contribution is 2.37. The van der Waals surface area contributed by atoms with Gasteiger partial charge in [-0.1, -0.05) is 27.7 Å². The van der Waals surface area contributed by atoms with E-state index >= 15 is 0 Å². The second kappa shape index (κ2) is 6.53. The lowest BCUT2D eigenvalue weighted by Crippen LogP contribution is -2.20. The molecule has 1 fully saturated rings. The van der Waals surface area contributed by atoms with Crippen LogP contribution in [0.1, 0.15) is 76.7 Å². The Morgan fingerprint density at radius 2 is 1.75 bits per heavy atom. The molecule has 1 saturated carbocycles. The molecule has 1 aliphatic carbocycles. The van der Waals surface area contributed by atoms with Crippen LogP contribution in [0.4, 0.5) is 5.82 Å². The lowest BCUT2D eigenvalue weighted by molar-refractivity contribution is 0.254. The number of hydrazine groups is 1. The van der Waals surface area contributed by atoms with E-state index in [1.54, 1.807) is 0 Å². The Kier molecular flexibility index (Phi) is 4.97. The van der Waals surface area contributed by atoms with Gasteiger partial charge in [0.15, 0.2) is 0 Å². The zero-order chi connectivity index (χ0) is 14.7. The number of nitrogens with zero attached hydrogens (tertiary/aromatic N) is 2. The summed E-state index contributed by atoms with van der Waals surface area (Å²) in [5, 5.41) is 0. The lowest BCUT2D eigenvalue weighted by Gasteiger charge is -2.30. The van der Waals surface area contributed by atoms with Crippen molar-refractivity contribution >= 4 is 5.82 Å². The topological polar surface area (TPSA) is 63.8 Å². The highest BCUT2D eigenvalue weighted by molar-refractivity contribution is 5.36. The Morgan fingerprint density at radius 3 is 2.25 bits per heavy atom. The first-order chi connectivity index (χ1) is 9.51. The highest BCUT2D eigenvalue weighted by Gasteiger charge is 2.26. The molecular weight excluding hydrogens is 248 g/mol. The van der Waals surface area contributed by atoms with Crippen LogP contribution < -0.4 is 11.3 Å². The molecular formula is C16H28N4. The average Bonchev–Trinajstić information content (AvgIpc) is 2.46. The van der Waals surface area contributed by atoms with E-state index in [0.717, 1.165) is 29.2 Å². The van der Waals surface area contributed by atoms with Gasteiger partial charge in [0, 0.05) is 17.7 Å². The quantitative estimate of drug-likeness (QED) is 0.648. The van der Waals surface area contributed by atoms with Crippen LogP contribution >= 0.6 is 0 Å². The largest absolute Gasteiger partial charge is 0.308 e. The predicted octanol–water partition coefficient (Wildman–Crippen LogP) is 3.82. The van der Waals surface area contributed by atoms with Gasteiger partial charge >= 0.3 is 0 Å². The minimum atomic E-state index is 0.399. The Labute approximate surface area is 122 Å². The Hall–Kier alpha value is -1.16. The molecule has 0 bridgehead atoms. The number of nitrogens with two attached hydrogens (primary N) is 1. The van der Waals surface area contributed by atoms with Gasteiger partial charge in [0.2, 0.25) is 0 Å². The van der Waals surface area contributed by atoms with Gasteiger partial charge in [0.25, 0.3) is 0 Å². The molecule has 0 unspecified atom stereocenters. The van der Waals surface area contributed by atoms with Crippen LogP contribution in [0.2, 0.25) is 0 Å². The third kappa shape index (κ3) is 3.48. The van der Waals surface area contributed by atoms with Crippen LogP contribution in [0.3, 0.4) is 0 Å². The number of hydrogen-bond donors (Lipinski definition) is 2. The molecule has 112 valence electrons. The summed E-state index contributed by atoms with van der Waals surface area (Å²) < 4.78 is 0. The number of aromatic nitrogens is 2. The first kappa shape index (κ1) is 15.2. The van der Waals surface area contributed by atoms with Gasteiger partial charge in [-0.15, -0.1) is 0 Å². The standard InChI is InChI=1S/C16H28N4/c1-10(2)12-5-7-13(8-6-12)16-18-14(11(3)4)9-15(19-16)20-17/h9-13H,5-8,17H2,1-4H3,(H,18,19,20). The van der Waals surface area contributed by atoms with Crippen molar-refractivity contribution in [2.24, 2.45) is 17.7 Å². The lowest BCUT2D eigenvalue weighted by atomic mass is 9.76. The van der Waals surface area contributed by atoms with Crippen LogP contribution in [0.25, 0.3) is 0 Å². The summed E-state index contributed by atoms with van der Waals surface area (Å²) in [7, 11) is 0. The average molecular weight is 276 g/mol. The third-order valence-corrected chi connectivity index (χ3v) is 4.58. The smallest absolute Gasteiger partial charge is 0.143 e. The zero-order valence-corrected chi connectivity index (χ0v) is 13.2. The molecule has 0 radical (unpaired) electrons. The fourth-order valence-corrected chi connectivity index (χ4v) is 3.08. The molecule has 1 aromatic heterocycles. The maximum atomic E-state index is 5.54. The van der Waals surface area contributed by atoms with E-state index in [0.29, 0.717) is 11.8 Å². The number of anilines is 1. The first-order valence-electron chi connectivity index (χ1n) is 7.86. The van der Waals surface area contributed by atoms with Gasteiger partial charge in [-0.2, -0.15) is 0 Å². The van der Waals surface area contributed by atoms with Crippen molar-refractivity contribution in [1.29, 1.82) is 0 Å². The third-order valence-electron chi connectivity index (χ3n) is 4.58. The molecule has 4 heteroatoms. The number of nitrogen functional groups attached to an aromatic ring is 1. The molecule has 0 atom stereocenters. The summed E-state index contributed by atoms with van der Waals surface area (Å²) >= 11 is 0. The molecule has 2 rings (SSSR count). The molecule has 1 aliphatic rings. The Balaban J connectivity index is 2.15. The van der Waals surface area contributed by atoms with E-state index in [9.17, 15) is 0 Å². The van der Waals surface area contributed by atoms with E-state index in [4.69, 9.17) is 10.8 Å². The molecule has 0 aliphatic heterocycles. The zero-order valence-electron chi connectivity index (χ0n) is 13.2. The van der Waals surface area contributed by atoms with Crippen molar-refractivity contribution in [1.82, 2.24) is 9.97 Å². The van der Waals surface area contributed by atoms with Crippen LogP contribution in [0.15, 0.2) is 6.07 Å². The van der Waals surface area contributed by atoms with Crippen LogP contribution in [-0.4, -0.2) is 9.97 Å². The fourth-order valence-electron chi connectivity index (χ4n) is 3.08. The van der Waals surface area contributed by atoms with Gasteiger partial charge in [0.05, 0.1) is 0 Å².